The molecule has 2 rings (SSSR count). The fraction of sp³-hybridized carbons (Fsp3) is 0.167. The van der Waals surface area contributed by atoms with Gasteiger partial charge in [0.2, 0.25) is 0 Å². The summed E-state index contributed by atoms with van der Waals surface area (Å²) in [4.78, 5) is 11.8. The molecule has 1 amide bonds. The zero-order valence-electron chi connectivity index (χ0n) is 9.44. The van der Waals surface area contributed by atoms with Gasteiger partial charge in [0.15, 0.2) is 0 Å². The van der Waals surface area contributed by atoms with Crippen molar-refractivity contribution in [1.82, 2.24) is 15.1 Å². The highest BCUT2D eigenvalue weighted by Gasteiger charge is 2.07. The maximum Gasteiger partial charge on any atom is 0.251 e. The van der Waals surface area contributed by atoms with Crippen LogP contribution < -0.4 is 5.32 Å². The molecule has 1 N–H and O–H groups in total. The molecule has 0 radical (unpaired) electrons. The molecule has 2 aromatic rings. The molecule has 0 aliphatic heterocycles. The van der Waals surface area contributed by atoms with Crippen molar-refractivity contribution >= 4 is 33.4 Å². The third-order valence-electron chi connectivity index (χ3n) is 2.37. The van der Waals surface area contributed by atoms with Crippen molar-refractivity contribution in [3.05, 3.63) is 51.7 Å². The van der Waals surface area contributed by atoms with Crippen LogP contribution in [0.5, 0.6) is 0 Å². The van der Waals surface area contributed by atoms with E-state index in [2.05, 4.69) is 26.3 Å². The molecule has 0 aliphatic rings. The number of hydrogen-bond acceptors (Lipinski definition) is 2. The van der Waals surface area contributed by atoms with Gasteiger partial charge in [0, 0.05) is 29.0 Å². The highest BCUT2D eigenvalue weighted by Crippen LogP contribution is 2.23. The van der Waals surface area contributed by atoms with Gasteiger partial charge in [-0.2, -0.15) is 5.10 Å². The topological polar surface area (TPSA) is 46.9 Å². The molecule has 1 aromatic heterocycles. The number of carbonyl (C=O) groups is 1. The molecule has 0 unspecified atom stereocenters. The van der Waals surface area contributed by atoms with Crippen molar-refractivity contribution in [2.24, 2.45) is 0 Å². The minimum Gasteiger partial charge on any atom is -0.350 e. The molecule has 1 heterocycles. The number of amides is 1. The van der Waals surface area contributed by atoms with Crippen LogP contribution in [0.25, 0.3) is 0 Å². The van der Waals surface area contributed by atoms with Gasteiger partial charge in [-0.1, -0.05) is 11.6 Å². The van der Waals surface area contributed by atoms with Crippen LogP contribution in [0.15, 0.2) is 41.1 Å². The second kappa shape index (κ2) is 6.02. The third-order valence-corrected chi connectivity index (χ3v) is 3.58. The van der Waals surface area contributed by atoms with Gasteiger partial charge >= 0.3 is 0 Å². The molecule has 0 atom stereocenters. The van der Waals surface area contributed by atoms with Crippen molar-refractivity contribution in [2.75, 3.05) is 6.54 Å². The Balaban J connectivity index is 1.89. The summed E-state index contributed by atoms with van der Waals surface area (Å²) in [6, 6.07) is 6.92. The summed E-state index contributed by atoms with van der Waals surface area (Å²) in [7, 11) is 0. The van der Waals surface area contributed by atoms with Gasteiger partial charge in [0.25, 0.3) is 5.91 Å². The first-order chi connectivity index (χ1) is 8.66. The Hall–Kier alpha value is -1.33. The standard InChI is InChI=1S/C12H11BrClN3O/c13-10-8-9(2-3-11(10)14)12(18)15-5-7-17-6-1-4-16-17/h1-4,6,8H,5,7H2,(H,15,18). The first-order valence-corrected chi connectivity index (χ1v) is 6.54. The van der Waals surface area contributed by atoms with Crippen LogP contribution in [0.2, 0.25) is 5.02 Å². The highest BCUT2D eigenvalue weighted by atomic mass is 79.9. The zero-order chi connectivity index (χ0) is 13.0. The van der Waals surface area contributed by atoms with Crippen molar-refractivity contribution < 1.29 is 4.79 Å². The largest absolute Gasteiger partial charge is 0.350 e. The zero-order valence-corrected chi connectivity index (χ0v) is 11.8. The summed E-state index contributed by atoms with van der Waals surface area (Å²) in [5.74, 6) is -0.125. The van der Waals surface area contributed by atoms with E-state index in [4.69, 9.17) is 11.6 Å². The first-order valence-electron chi connectivity index (χ1n) is 5.37. The Labute approximate surface area is 118 Å². The summed E-state index contributed by atoms with van der Waals surface area (Å²) in [6.07, 6.45) is 3.56. The van der Waals surface area contributed by atoms with Gasteiger partial charge < -0.3 is 5.32 Å². The van der Waals surface area contributed by atoms with Gasteiger partial charge in [0.1, 0.15) is 0 Å². The van der Waals surface area contributed by atoms with Gasteiger partial charge in [0.05, 0.1) is 11.6 Å². The minimum absolute atomic E-state index is 0.125. The lowest BCUT2D eigenvalue weighted by molar-refractivity contribution is 0.0952. The van der Waals surface area contributed by atoms with E-state index in [1.54, 1.807) is 29.1 Å². The van der Waals surface area contributed by atoms with Crippen LogP contribution in [0, 0.1) is 0 Å². The van der Waals surface area contributed by atoms with Gasteiger partial charge in [-0.3, -0.25) is 9.48 Å². The maximum absolute atomic E-state index is 11.8. The van der Waals surface area contributed by atoms with E-state index in [9.17, 15) is 4.79 Å². The van der Waals surface area contributed by atoms with E-state index in [1.165, 1.54) is 0 Å². The molecule has 0 saturated carbocycles. The molecule has 0 saturated heterocycles. The van der Waals surface area contributed by atoms with Crippen molar-refractivity contribution in [2.45, 2.75) is 6.54 Å². The number of benzene rings is 1. The van der Waals surface area contributed by atoms with E-state index in [-0.39, 0.29) is 5.91 Å². The molecular weight excluding hydrogens is 318 g/mol. The summed E-state index contributed by atoms with van der Waals surface area (Å²) < 4.78 is 2.47. The summed E-state index contributed by atoms with van der Waals surface area (Å²) in [5, 5.41) is 7.46. The molecule has 0 bridgehead atoms. The first kappa shape index (κ1) is 13.1. The Bertz CT molecular complexity index is 542. The molecular formula is C12H11BrClN3O. The van der Waals surface area contributed by atoms with Crippen molar-refractivity contribution in [3.63, 3.8) is 0 Å². The van der Waals surface area contributed by atoms with E-state index in [1.807, 2.05) is 12.3 Å². The lowest BCUT2D eigenvalue weighted by atomic mass is 10.2. The molecule has 18 heavy (non-hydrogen) atoms. The number of aromatic nitrogens is 2. The minimum atomic E-state index is -0.125. The lowest BCUT2D eigenvalue weighted by Crippen LogP contribution is -2.27. The number of carbonyl (C=O) groups excluding carboxylic acids is 1. The lowest BCUT2D eigenvalue weighted by Gasteiger charge is -2.06. The number of nitrogens with zero attached hydrogens (tertiary/aromatic N) is 2. The molecule has 0 fully saturated rings. The molecule has 4 nitrogen and oxygen atoms in total. The quantitative estimate of drug-likeness (QED) is 0.938. The molecule has 1 aromatic carbocycles. The molecule has 0 aliphatic carbocycles. The van der Waals surface area contributed by atoms with Gasteiger partial charge in [-0.25, -0.2) is 0 Å². The fourth-order valence-corrected chi connectivity index (χ4v) is 1.95. The van der Waals surface area contributed by atoms with Crippen LogP contribution in [-0.2, 0) is 6.54 Å². The second-order valence-corrected chi connectivity index (χ2v) is 4.92. The number of rotatable bonds is 4. The third kappa shape index (κ3) is 3.34. The SMILES string of the molecule is O=C(NCCn1cccn1)c1ccc(Cl)c(Br)c1. The van der Waals surface area contributed by atoms with Crippen molar-refractivity contribution in [3.8, 4) is 0 Å². The summed E-state index contributed by atoms with van der Waals surface area (Å²) in [5.41, 5.74) is 0.576. The molecule has 6 heteroatoms. The Morgan fingerprint density at radius 3 is 3.00 bits per heavy atom. The number of nitrogens with one attached hydrogen (secondary N) is 1. The normalized spacial score (nSPS) is 10.3. The van der Waals surface area contributed by atoms with E-state index >= 15 is 0 Å². The Morgan fingerprint density at radius 1 is 1.50 bits per heavy atom. The predicted octanol–water partition coefficient (Wildman–Crippen LogP) is 2.73. The van der Waals surface area contributed by atoms with Gasteiger partial charge in [-0.15, -0.1) is 0 Å². The second-order valence-electron chi connectivity index (χ2n) is 3.65. The highest BCUT2D eigenvalue weighted by molar-refractivity contribution is 9.10. The van der Waals surface area contributed by atoms with Crippen molar-refractivity contribution in [1.29, 1.82) is 0 Å². The Morgan fingerprint density at radius 2 is 2.33 bits per heavy atom. The maximum atomic E-state index is 11.8. The smallest absolute Gasteiger partial charge is 0.251 e. The summed E-state index contributed by atoms with van der Waals surface area (Å²) in [6.45, 7) is 1.17. The van der Waals surface area contributed by atoms with Crippen LogP contribution in [0.3, 0.4) is 0 Å². The number of halogens is 2. The van der Waals surface area contributed by atoms with Crippen LogP contribution in [0.4, 0.5) is 0 Å². The van der Waals surface area contributed by atoms with Crippen LogP contribution >= 0.6 is 27.5 Å². The predicted molar refractivity (Wildman–Crippen MR) is 73.7 cm³/mol. The fourth-order valence-electron chi connectivity index (χ4n) is 1.46. The number of hydrogen-bond donors (Lipinski definition) is 1. The monoisotopic (exact) mass is 327 g/mol. The van der Waals surface area contributed by atoms with Crippen LogP contribution in [-0.4, -0.2) is 22.2 Å². The summed E-state index contributed by atoms with van der Waals surface area (Å²) >= 11 is 9.16. The van der Waals surface area contributed by atoms with E-state index in [0.29, 0.717) is 28.1 Å². The van der Waals surface area contributed by atoms with Crippen LogP contribution in [0.1, 0.15) is 10.4 Å². The molecule has 94 valence electrons. The molecule has 0 spiro atoms. The Kier molecular flexibility index (Phi) is 4.38. The van der Waals surface area contributed by atoms with E-state index < -0.39 is 0 Å². The average Bonchev–Trinajstić information content (AvgIpc) is 2.85. The average molecular weight is 329 g/mol. The van der Waals surface area contributed by atoms with E-state index in [0.717, 1.165) is 0 Å². The van der Waals surface area contributed by atoms with Gasteiger partial charge in [-0.05, 0) is 40.2 Å².